The van der Waals surface area contributed by atoms with E-state index in [9.17, 15) is 8.42 Å². The van der Waals surface area contributed by atoms with Gasteiger partial charge in [-0.15, -0.1) is 0 Å². The zero-order chi connectivity index (χ0) is 25.7. The number of benzene rings is 3. The smallest absolute Gasteiger partial charge is 0.245 e. The first-order valence-electron chi connectivity index (χ1n) is 11.8. The van der Waals surface area contributed by atoms with E-state index in [-0.39, 0.29) is 4.90 Å². The predicted octanol–water partition coefficient (Wildman–Crippen LogP) is 5.64. The predicted molar refractivity (Wildman–Crippen MR) is 144 cm³/mol. The molecule has 0 aliphatic carbocycles. The molecule has 4 rings (SSSR count). The number of methoxy groups -OCH3 is 1. The number of aromatic nitrogens is 2. The molecule has 0 spiro atoms. The van der Waals surface area contributed by atoms with Crippen molar-refractivity contribution in [3.05, 3.63) is 90.1 Å². The lowest BCUT2D eigenvalue weighted by atomic mass is 10.1. The number of ether oxygens (including phenoxy) is 1. The van der Waals surface area contributed by atoms with Gasteiger partial charge in [0.2, 0.25) is 10.0 Å². The minimum Gasteiger partial charge on any atom is -0.497 e. The Morgan fingerprint density at radius 3 is 2.33 bits per heavy atom. The van der Waals surface area contributed by atoms with Gasteiger partial charge in [-0.25, -0.2) is 13.1 Å². The van der Waals surface area contributed by atoms with Crippen molar-refractivity contribution in [1.29, 1.82) is 0 Å². The first-order valence-corrected chi connectivity index (χ1v) is 13.3. The molecule has 36 heavy (non-hydrogen) atoms. The first-order chi connectivity index (χ1) is 17.4. The second-order valence-corrected chi connectivity index (χ2v) is 10.2. The van der Waals surface area contributed by atoms with E-state index in [4.69, 9.17) is 9.84 Å². The SMILES string of the molecule is CCN(CC)S(=O)(=O)c1cc(C)ccc1N=Cc1cn(-c2ccccc2)nc1-c1ccc(OC)cc1. The fourth-order valence-electron chi connectivity index (χ4n) is 3.94. The normalized spacial score (nSPS) is 11.9. The summed E-state index contributed by atoms with van der Waals surface area (Å²) in [7, 11) is -2.05. The van der Waals surface area contributed by atoms with E-state index >= 15 is 0 Å². The lowest BCUT2D eigenvalue weighted by Crippen LogP contribution is -2.30. The van der Waals surface area contributed by atoms with E-state index in [1.807, 2.05) is 87.6 Å². The molecule has 0 aliphatic heterocycles. The number of rotatable bonds is 9. The molecule has 0 amide bonds. The topological polar surface area (TPSA) is 76.8 Å². The van der Waals surface area contributed by atoms with Crippen molar-refractivity contribution in [2.45, 2.75) is 25.7 Å². The highest BCUT2D eigenvalue weighted by Gasteiger charge is 2.25. The van der Waals surface area contributed by atoms with E-state index in [0.717, 1.165) is 33.8 Å². The van der Waals surface area contributed by atoms with Crippen LogP contribution in [0.15, 0.2) is 88.9 Å². The van der Waals surface area contributed by atoms with Crippen LogP contribution in [0.1, 0.15) is 25.0 Å². The molecule has 0 aliphatic rings. The molecule has 0 saturated carbocycles. The maximum Gasteiger partial charge on any atom is 0.245 e. The van der Waals surface area contributed by atoms with Crippen molar-refractivity contribution >= 4 is 21.9 Å². The molecule has 3 aromatic carbocycles. The van der Waals surface area contributed by atoms with Crippen LogP contribution >= 0.6 is 0 Å². The largest absolute Gasteiger partial charge is 0.497 e. The molecule has 0 N–H and O–H groups in total. The highest BCUT2D eigenvalue weighted by Crippen LogP contribution is 2.30. The third-order valence-electron chi connectivity index (χ3n) is 5.91. The van der Waals surface area contributed by atoms with Gasteiger partial charge in [0.25, 0.3) is 0 Å². The van der Waals surface area contributed by atoms with Crippen molar-refractivity contribution in [2.24, 2.45) is 4.99 Å². The van der Waals surface area contributed by atoms with Crippen LogP contribution in [0.4, 0.5) is 5.69 Å². The highest BCUT2D eigenvalue weighted by molar-refractivity contribution is 7.89. The van der Waals surface area contributed by atoms with Crippen molar-refractivity contribution in [3.63, 3.8) is 0 Å². The fourth-order valence-corrected chi connectivity index (χ4v) is 5.62. The Bertz CT molecular complexity index is 1460. The van der Waals surface area contributed by atoms with E-state index < -0.39 is 10.0 Å². The molecule has 4 aromatic rings. The molecule has 0 radical (unpaired) electrons. The highest BCUT2D eigenvalue weighted by atomic mass is 32.2. The summed E-state index contributed by atoms with van der Waals surface area (Å²) >= 11 is 0. The molecule has 1 heterocycles. The number of para-hydroxylation sites is 1. The maximum absolute atomic E-state index is 13.3. The Morgan fingerprint density at radius 2 is 1.69 bits per heavy atom. The van der Waals surface area contributed by atoms with Crippen LogP contribution in [0.2, 0.25) is 0 Å². The second kappa shape index (κ2) is 10.9. The van der Waals surface area contributed by atoms with E-state index in [1.54, 1.807) is 30.1 Å². The number of aliphatic imine (C=N–C) groups is 1. The number of nitrogens with zero attached hydrogens (tertiary/aromatic N) is 4. The molecular weight excluding hydrogens is 472 g/mol. The van der Waals surface area contributed by atoms with E-state index in [2.05, 4.69) is 4.99 Å². The monoisotopic (exact) mass is 502 g/mol. The summed E-state index contributed by atoms with van der Waals surface area (Å²) in [5.41, 5.74) is 4.54. The molecule has 1 aromatic heterocycles. The third-order valence-corrected chi connectivity index (χ3v) is 7.99. The van der Waals surface area contributed by atoms with Gasteiger partial charge in [0.15, 0.2) is 0 Å². The second-order valence-electron chi connectivity index (χ2n) is 8.26. The van der Waals surface area contributed by atoms with E-state index in [0.29, 0.717) is 18.8 Å². The van der Waals surface area contributed by atoms with E-state index in [1.165, 1.54) is 4.31 Å². The molecule has 0 unspecified atom stereocenters. The van der Waals surface area contributed by atoms with Crippen LogP contribution in [0.3, 0.4) is 0 Å². The summed E-state index contributed by atoms with van der Waals surface area (Å²) in [4.78, 5) is 4.85. The summed E-state index contributed by atoms with van der Waals surface area (Å²) in [6, 6.07) is 22.7. The molecule has 0 bridgehead atoms. The fraction of sp³-hybridized carbons (Fsp3) is 0.214. The summed E-state index contributed by atoms with van der Waals surface area (Å²) in [6.07, 6.45) is 3.57. The molecule has 0 fully saturated rings. The molecular formula is C28H30N4O3S. The molecule has 8 heteroatoms. The maximum atomic E-state index is 13.3. The average Bonchev–Trinajstić information content (AvgIpc) is 3.33. The number of hydrogen-bond donors (Lipinski definition) is 0. The Hall–Kier alpha value is -3.75. The first kappa shape index (κ1) is 25.3. The zero-order valence-electron chi connectivity index (χ0n) is 20.9. The van der Waals surface area contributed by atoms with Gasteiger partial charge in [-0.2, -0.15) is 9.40 Å². The lowest BCUT2D eigenvalue weighted by molar-refractivity contribution is 0.415. The van der Waals surface area contributed by atoms with Gasteiger partial charge in [0, 0.05) is 36.6 Å². The van der Waals surface area contributed by atoms with Crippen LogP contribution in [-0.4, -0.2) is 48.9 Å². The zero-order valence-corrected chi connectivity index (χ0v) is 21.7. The molecule has 0 saturated heterocycles. The number of hydrogen-bond acceptors (Lipinski definition) is 5. The van der Waals surface area contributed by atoms with Crippen molar-refractivity contribution in [1.82, 2.24) is 14.1 Å². The van der Waals surface area contributed by atoms with Crippen LogP contribution in [0.25, 0.3) is 16.9 Å². The summed E-state index contributed by atoms with van der Waals surface area (Å²) < 4.78 is 35.2. The summed E-state index contributed by atoms with van der Waals surface area (Å²) in [6.45, 7) is 6.32. The minimum absolute atomic E-state index is 0.198. The molecule has 7 nitrogen and oxygen atoms in total. The van der Waals surface area contributed by atoms with Crippen molar-refractivity contribution in [3.8, 4) is 22.7 Å². The van der Waals surface area contributed by atoms with Gasteiger partial charge < -0.3 is 4.74 Å². The lowest BCUT2D eigenvalue weighted by Gasteiger charge is -2.19. The van der Waals surface area contributed by atoms with Gasteiger partial charge >= 0.3 is 0 Å². The van der Waals surface area contributed by atoms with Crippen molar-refractivity contribution in [2.75, 3.05) is 20.2 Å². The van der Waals surface area contributed by atoms with Crippen LogP contribution < -0.4 is 4.74 Å². The average molecular weight is 503 g/mol. The van der Waals surface area contributed by atoms with Gasteiger partial charge in [-0.3, -0.25) is 4.99 Å². The van der Waals surface area contributed by atoms with Crippen molar-refractivity contribution < 1.29 is 13.2 Å². The summed E-state index contributed by atoms with van der Waals surface area (Å²) in [5, 5.41) is 4.82. The Morgan fingerprint density at radius 1 is 1.00 bits per heavy atom. The number of sulfonamides is 1. The Balaban J connectivity index is 1.82. The summed E-state index contributed by atoms with van der Waals surface area (Å²) in [5.74, 6) is 0.752. The quantitative estimate of drug-likeness (QED) is 0.278. The standard InChI is InChI=1S/C28H30N4O3S/c1-5-31(6-2)36(33,34)27-18-21(3)12-17-26(27)29-19-23-20-32(24-10-8-7-9-11-24)30-28(23)22-13-15-25(35-4)16-14-22/h7-20H,5-6H2,1-4H3. The molecule has 186 valence electrons. The molecule has 0 atom stereocenters. The van der Waals surface area contributed by atoms with Crippen LogP contribution in [-0.2, 0) is 10.0 Å². The number of aryl methyl sites for hydroxylation is 1. The Labute approximate surface area is 212 Å². The van der Waals surface area contributed by atoms with Crippen LogP contribution in [0, 0.1) is 6.92 Å². The van der Waals surface area contributed by atoms with Gasteiger partial charge in [-0.1, -0.05) is 38.1 Å². The van der Waals surface area contributed by atoms with Gasteiger partial charge in [0.1, 0.15) is 16.3 Å². The van der Waals surface area contributed by atoms with Gasteiger partial charge in [-0.05, 0) is 61.0 Å². The van der Waals surface area contributed by atoms with Crippen LogP contribution in [0.5, 0.6) is 5.75 Å². The van der Waals surface area contributed by atoms with Gasteiger partial charge in [0.05, 0.1) is 18.5 Å². The third kappa shape index (κ3) is 5.24. The minimum atomic E-state index is -3.68. The Kier molecular flexibility index (Phi) is 7.67.